The number of carbonyl (C=O) groups excluding carboxylic acids is 1. The number of carbonyl (C=O) groups is 1. The lowest BCUT2D eigenvalue weighted by molar-refractivity contribution is -0.385. The first-order valence-corrected chi connectivity index (χ1v) is 11.4. The first-order chi connectivity index (χ1) is 14.1. The van der Waals surface area contributed by atoms with Gasteiger partial charge in [0.05, 0.1) is 30.4 Å². The van der Waals surface area contributed by atoms with Gasteiger partial charge in [-0.15, -0.1) is 23.1 Å². The van der Waals surface area contributed by atoms with Gasteiger partial charge in [-0.2, -0.15) is 0 Å². The van der Waals surface area contributed by atoms with Crippen molar-refractivity contribution < 1.29 is 19.2 Å². The predicted molar refractivity (Wildman–Crippen MR) is 115 cm³/mol. The second-order valence-corrected chi connectivity index (χ2v) is 8.76. The van der Waals surface area contributed by atoms with Gasteiger partial charge in [-0.1, -0.05) is 12.1 Å². The first-order valence-electron chi connectivity index (χ1n) is 9.37. The summed E-state index contributed by atoms with van der Waals surface area (Å²) in [6, 6.07) is 8.91. The third-order valence-corrected chi connectivity index (χ3v) is 6.51. The summed E-state index contributed by atoms with van der Waals surface area (Å²) in [6.07, 6.45) is 2.13. The van der Waals surface area contributed by atoms with Crippen LogP contribution >= 0.6 is 23.1 Å². The summed E-state index contributed by atoms with van der Waals surface area (Å²) in [4.78, 5) is 26.6. The molecule has 7 nitrogen and oxygen atoms in total. The maximum absolute atomic E-state index is 12.8. The summed E-state index contributed by atoms with van der Waals surface area (Å²) in [5, 5.41) is 13.2. The van der Waals surface area contributed by atoms with Crippen molar-refractivity contribution in [3.8, 4) is 5.75 Å². The highest BCUT2D eigenvalue weighted by Gasteiger charge is 2.23. The average Bonchev–Trinajstić information content (AvgIpc) is 3.41. The zero-order valence-corrected chi connectivity index (χ0v) is 17.9. The molecular formula is C20H24N2O5S2. The normalized spacial score (nSPS) is 16.0. The average molecular weight is 437 g/mol. The second kappa shape index (κ2) is 10.6. The van der Waals surface area contributed by atoms with E-state index in [0.717, 1.165) is 29.9 Å². The maximum atomic E-state index is 12.8. The highest BCUT2D eigenvalue weighted by molar-refractivity contribution is 7.99. The van der Waals surface area contributed by atoms with Crippen molar-refractivity contribution in [3.05, 3.63) is 56.3 Å². The van der Waals surface area contributed by atoms with E-state index in [-0.39, 0.29) is 23.4 Å². The number of amides is 1. The summed E-state index contributed by atoms with van der Waals surface area (Å²) in [5.41, 5.74) is 0.730. The number of benzene rings is 1. The molecule has 1 aromatic heterocycles. The molecule has 0 spiro atoms. The number of thiophene rings is 1. The lowest BCUT2D eigenvalue weighted by atomic mass is 10.2. The SMILES string of the molecule is COc1ccc(CSCC(=O)N(Cc2cccs2)CC2CCCO2)cc1[N+](=O)[O-]. The van der Waals surface area contributed by atoms with Gasteiger partial charge in [-0.05, 0) is 35.9 Å². The van der Waals surface area contributed by atoms with Crippen LogP contribution in [0.1, 0.15) is 23.3 Å². The fourth-order valence-corrected chi connectivity index (χ4v) is 4.79. The van der Waals surface area contributed by atoms with Crippen LogP contribution in [0.25, 0.3) is 0 Å². The molecule has 1 unspecified atom stereocenters. The Morgan fingerprint density at radius 1 is 1.45 bits per heavy atom. The summed E-state index contributed by atoms with van der Waals surface area (Å²) >= 11 is 3.09. The van der Waals surface area contributed by atoms with Crippen molar-refractivity contribution in [2.45, 2.75) is 31.2 Å². The molecule has 1 aliphatic heterocycles. The van der Waals surface area contributed by atoms with Crippen LogP contribution in [-0.2, 0) is 21.8 Å². The Morgan fingerprint density at radius 2 is 2.31 bits per heavy atom. The molecule has 1 saturated heterocycles. The number of rotatable bonds is 10. The highest BCUT2D eigenvalue weighted by Crippen LogP contribution is 2.29. The Bertz CT molecular complexity index is 822. The van der Waals surface area contributed by atoms with E-state index in [4.69, 9.17) is 9.47 Å². The van der Waals surface area contributed by atoms with Crippen LogP contribution in [0, 0.1) is 10.1 Å². The second-order valence-electron chi connectivity index (χ2n) is 6.74. The van der Waals surface area contributed by atoms with E-state index < -0.39 is 4.92 Å². The highest BCUT2D eigenvalue weighted by atomic mass is 32.2. The molecule has 0 aliphatic carbocycles. The lowest BCUT2D eigenvalue weighted by Crippen LogP contribution is -2.37. The number of nitro groups is 1. The van der Waals surface area contributed by atoms with Crippen molar-refractivity contribution in [2.75, 3.05) is 26.0 Å². The quantitative estimate of drug-likeness (QED) is 0.412. The molecule has 2 aromatic rings. The minimum absolute atomic E-state index is 0.0573. The minimum Gasteiger partial charge on any atom is -0.490 e. The largest absolute Gasteiger partial charge is 0.490 e. The van der Waals surface area contributed by atoms with Crippen LogP contribution < -0.4 is 4.74 Å². The van der Waals surface area contributed by atoms with Crippen LogP contribution in [0.15, 0.2) is 35.7 Å². The first kappa shape index (κ1) is 21.6. The number of hydrogen-bond donors (Lipinski definition) is 0. The van der Waals surface area contributed by atoms with Crippen LogP contribution in [0.2, 0.25) is 0 Å². The van der Waals surface area contributed by atoms with Crippen molar-refractivity contribution in [1.82, 2.24) is 4.90 Å². The molecular weight excluding hydrogens is 412 g/mol. The van der Waals surface area contributed by atoms with Gasteiger partial charge >= 0.3 is 5.69 Å². The third kappa shape index (κ3) is 6.19. The summed E-state index contributed by atoms with van der Waals surface area (Å²) in [5.74, 6) is 1.13. The van der Waals surface area contributed by atoms with Crippen LogP contribution in [0.5, 0.6) is 5.75 Å². The molecule has 2 heterocycles. The molecule has 1 amide bonds. The molecule has 1 fully saturated rings. The Labute approximate surface area is 178 Å². The fourth-order valence-electron chi connectivity index (χ4n) is 3.19. The molecule has 29 heavy (non-hydrogen) atoms. The molecule has 0 bridgehead atoms. The van der Waals surface area contributed by atoms with Gasteiger partial charge in [0, 0.05) is 29.8 Å². The molecule has 0 saturated carbocycles. The van der Waals surface area contributed by atoms with Crippen molar-refractivity contribution in [3.63, 3.8) is 0 Å². The smallest absolute Gasteiger partial charge is 0.311 e. The van der Waals surface area contributed by atoms with Gasteiger partial charge < -0.3 is 14.4 Å². The van der Waals surface area contributed by atoms with Gasteiger partial charge in [0.15, 0.2) is 5.75 Å². The van der Waals surface area contributed by atoms with Crippen molar-refractivity contribution in [1.29, 1.82) is 0 Å². The van der Waals surface area contributed by atoms with Gasteiger partial charge in [0.1, 0.15) is 0 Å². The van der Waals surface area contributed by atoms with Gasteiger partial charge in [0.2, 0.25) is 5.91 Å². The molecule has 0 radical (unpaired) electrons. The monoisotopic (exact) mass is 436 g/mol. The van der Waals surface area contributed by atoms with E-state index >= 15 is 0 Å². The maximum Gasteiger partial charge on any atom is 0.311 e. The minimum atomic E-state index is -0.456. The van der Waals surface area contributed by atoms with Crippen LogP contribution in [0.3, 0.4) is 0 Å². The van der Waals surface area contributed by atoms with Crippen LogP contribution in [-0.4, -0.2) is 47.8 Å². The Balaban J connectivity index is 1.57. The zero-order chi connectivity index (χ0) is 20.6. The predicted octanol–water partition coefficient (Wildman–Crippen LogP) is 4.11. The molecule has 9 heteroatoms. The molecule has 1 aromatic carbocycles. The summed E-state index contributed by atoms with van der Waals surface area (Å²) in [7, 11) is 1.41. The van der Waals surface area contributed by atoms with Crippen molar-refractivity contribution in [2.24, 2.45) is 0 Å². The number of thioether (sulfide) groups is 1. The lowest BCUT2D eigenvalue weighted by Gasteiger charge is -2.25. The van der Waals surface area contributed by atoms with Crippen LogP contribution in [0.4, 0.5) is 5.69 Å². The van der Waals surface area contributed by atoms with E-state index in [1.54, 1.807) is 23.5 Å². The summed E-state index contributed by atoms with van der Waals surface area (Å²) in [6.45, 7) is 1.95. The standard InChI is InChI=1S/C20H24N2O5S2/c1-26-19-7-6-15(10-18(19)22(24)25)13-28-14-20(23)21(11-16-4-2-8-27-16)12-17-5-3-9-29-17/h3,5-7,9-10,16H,2,4,8,11-14H2,1H3. The van der Waals surface area contributed by atoms with E-state index in [1.165, 1.54) is 24.9 Å². The Kier molecular flexibility index (Phi) is 7.91. The number of ether oxygens (including phenoxy) is 2. The Hall–Kier alpha value is -2.10. The number of hydrogen-bond acceptors (Lipinski definition) is 7. The van der Waals surface area contributed by atoms with E-state index in [2.05, 4.69) is 0 Å². The fraction of sp³-hybridized carbons (Fsp3) is 0.450. The number of nitro benzene ring substituents is 1. The topological polar surface area (TPSA) is 81.9 Å². The van der Waals surface area contributed by atoms with Gasteiger partial charge in [-0.25, -0.2) is 0 Å². The van der Waals surface area contributed by atoms with E-state index in [1.807, 2.05) is 22.4 Å². The van der Waals surface area contributed by atoms with Gasteiger partial charge in [0.25, 0.3) is 0 Å². The number of methoxy groups -OCH3 is 1. The number of nitrogens with zero attached hydrogens (tertiary/aromatic N) is 2. The zero-order valence-electron chi connectivity index (χ0n) is 16.2. The molecule has 156 valence electrons. The van der Waals surface area contributed by atoms with Crippen molar-refractivity contribution >= 4 is 34.7 Å². The third-order valence-electron chi connectivity index (χ3n) is 4.66. The molecule has 3 rings (SSSR count). The van der Waals surface area contributed by atoms with E-state index in [0.29, 0.717) is 24.6 Å². The molecule has 0 N–H and O–H groups in total. The molecule has 1 aliphatic rings. The Morgan fingerprint density at radius 3 is 2.97 bits per heavy atom. The summed E-state index contributed by atoms with van der Waals surface area (Å²) < 4.78 is 10.7. The van der Waals surface area contributed by atoms with E-state index in [9.17, 15) is 14.9 Å². The molecule has 1 atom stereocenters. The van der Waals surface area contributed by atoms with Gasteiger partial charge in [-0.3, -0.25) is 14.9 Å².